The van der Waals surface area contributed by atoms with Crippen LogP contribution in [0.15, 0.2) is 12.1 Å². The lowest BCUT2D eigenvalue weighted by Gasteiger charge is -2.31. The van der Waals surface area contributed by atoms with E-state index in [2.05, 4.69) is 10.2 Å². The maximum Gasteiger partial charge on any atom is 0.267 e. The van der Waals surface area contributed by atoms with Crippen LogP contribution in [0.2, 0.25) is 0 Å². The van der Waals surface area contributed by atoms with E-state index >= 15 is 0 Å². The number of carbonyl (C=O) groups is 1. The minimum Gasteiger partial charge on any atom is -0.396 e. The van der Waals surface area contributed by atoms with Crippen LogP contribution in [0.25, 0.3) is 0 Å². The lowest BCUT2D eigenvalue weighted by Crippen LogP contribution is -2.41. The molecule has 5 nitrogen and oxygen atoms in total. The number of hydrogen-bond acceptors (Lipinski definition) is 3. The van der Waals surface area contributed by atoms with E-state index in [1.54, 1.807) is 0 Å². The fourth-order valence-electron chi connectivity index (χ4n) is 2.76. The summed E-state index contributed by atoms with van der Waals surface area (Å²) in [6.45, 7) is 5.77. The average Bonchev–Trinajstić information content (AvgIpc) is 2.79. The van der Waals surface area contributed by atoms with Crippen LogP contribution in [-0.4, -0.2) is 53.3 Å². The molecule has 0 aromatic carbocycles. The minimum atomic E-state index is -0.0173. The number of amides is 1. The number of nitrogens with zero attached hydrogens (tertiary/aromatic N) is 2. The summed E-state index contributed by atoms with van der Waals surface area (Å²) in [6.07, 6.45) is 2.25. The quantitative estimate of drug-likeness (QED) is 0.837. The normalized spacial score (nSPS) is 20.1. The summed E-state index contributed by atoms with van der Waals surface area (Å²) in [6, 6.07) is 3.80. The summed E-state index contributed by atoms with van der Waals surface area (Å²) in [5.41, 5.74) is 1.78. The molecular formula is C15H25N3O2. The van der Waals surface area contributed by atoms with Crippen molar-refractivity contribution >= 4 is 5.91 Å². The zero-order valence-electron chi connectivity index (χ0n) is 12.4. The summed E-state index contributed by atoms with van der Waals surface area (Å²) in [5, 5.41) is 12.2. The number of piperidine rings is 1. The van der Waals surface area contributed by atoms with Gasteiger partial charge in [-0.15, -0.1) is 0 Å². The van der Waals surface area contributed by atoms with Crippen LogP contribution in [0.1, 0.15) is 29.0 Å². The van der Waals surface area contributed by atoms with Crippen molar-refractivity contribution in [2.24, 2.45) is 13.0 Å². The van der Waals surface area contributed by atoms with E-state index < -0.39 is 0 Å². The standard InChI is InChI=1S/C15H25N3O2/c1-12-5-6-14(17(12)2)15(20)16-7-9-18-8-3-4-13(10-18)11-19/h5-6,13,19H,3-4,7-11H2,1-2H3,(H,16,20)/t13-/m0/s1. The van der Waals surface area contributed by atoms with Gasteiger partial charge in [0.05, 0.1) is 0 Å². The highest BCUT2D eigenvalue weighted by Crippen LogP contribution is 2.15. The van der Waals surface area contributed by atoms with Crippen LogP contribution >= 0.6 is 0 Å². The summed E-state index contributed by atoms with van der Waals surface area (Å²) >= 11 is 0. The number of hydrogen-bond donors (Lipinski definition) is 2. The van der Waals surface area contributed by atoms with Crippen molar-refractivity contribution in [2.45, 2.75) is 19.8 Å². The van der Waals surface area contributed by atoms with Gasteiger partial charge in [-0.25, -0.2) is 0 Å². The number of rotatable bonds is 5. The molecule has 0 aliphatic carbocycles. The molecule has 1 fully saturated rings. The van der Waals surface area contributed by atoms with Crippen molar-refractivity contribution in [1.29, 1.82) is 0 Å². The van der Waals surface area contributed by atoms with Crippen molar-refractivity contribution in [3.63, 3.8) is 0 Å². The molecule has 0 radical (unpaired) electrons. The molecule has 1 aromatic heterocycles. The zero-order valence-corrected chi connectivity index (χ0v) is 12.4. The number of aromatic nitrogens is 1. The molecule has 2 rings (SSSR count). The molecule has 20 heavy (non-hydrogen) atoms. The number of nitrogens with one attached hydrogen (secondary N) is 1. The Morgan fingerprint density at radius 3 is 2.95 bits per heavy atom. The summed E-state index contributed by atoms with van der Waals surface area (Å²) in [4.78, 5) is 14.4. The number of carbonyl (C=O) groups excluding carboxylic acids is 1. The molecule has 112 valence electrons. The monoisotopic (exact) mass is 279 g/mol. The van der Waals surface area contributed by atoms with Gasteiger partial charge in [-0.1, -0.05) is 0 Å². The fraction of sp³-hybridized carbons (Fsp3) is 0.667. The van der Waals surface area contributed by atoms with Crippen LogP contribution in [0, 0.1) is 12.8 Å². The highest BCUT2D eigenvalue weighted by atomic mass is 16.3. The van der Waals surface area contributed by atoms with Crippen LogP contribution in [0.5, 0.6) is 0 Å². The van der Waals surface area contributed by atoms with Crippen LogP contribution in [-0.2, 0) is 7.05 Å². The van der Waals surface area contributed by atoms with Gasteiger partial charge in [0, 0.05) is 39.0 Å². The topological polar surface area (TPSA) is 57.5 Å². The van der Waals surface area contributed by atoms with Crippen molar-refractivity contribution in [2.75, 3.05) is 32.8 Å². The second-order valence-electron chi connectivity index (χ2n) is 5.67. The lowest BCUT2D eigenvalue weighted by molar-refractivity contribution is 0.0923. The molecule has 0 spiro atoms. The van der Waals surface area contributed by atoms with E-state index in [0.29, 0.717) is 18.2 Å². The van der Waals surface area contributed by atoms with Gasteiger partial charge in [-0.2, -0.15) is 0 Å². The van der Waals surface area contributed by atoms with Gasteiger partial charge in [0.1, 0.15) is 5.69 Å². The Morgan fingerprint density at radius 1 is 1.50 bits per heavy atom. The van der Waals surface area contributed by atoms with Gasteiger partial charge in [0.2, 0.25) is 0 Å². The lowest BCUT2D eigenvalue weighted by atomic mass is 9.99. The van der Waals surface area contributed by atoms with E-state index in [4.69, 9.17) is 0 Å². The molecule has 5 heteroatoms. The van der Waals surface area contributed by atoms with Gasteiger partial charge in [0.25, 0.3) is 5.91 Å². The number of aliphatic hydroxyl groups is 1. The van der Waals surface area contributed by atoms with E-state index in [1.165, 1.54) is 0 Å². The number of aliphatic hydroxyl groups excluding tert-OH is 1. The van der Waals surface area contributed by atoms with E-state index in [9.17, 15) is 9.90 Å². The molecule has 1 atom stereocenters. The molecule has 1 amide bonds. The molecule has 1 saturated heterocycles. The van der Waals surface area contributed by atoms with Crippen LogP contribution < -0.4 is 5.32 Å². The second-order valence-corrected chi connectivity index (χ2v) is 5.67. The third-order valence-corrected chi connectivity index (χ3v) is 4.18. The fourth-order valence-corrected chi connectivity index (χ4v) is 2.76. The second kappa shape index (κ2) is 6.90. The Labute approximate surface area is 120 Å². The van der Waals surface area contributed by atoms with E-state index in [1.807, 2.05) is 30.7 Å². The highest BCUT2D eigenvalue weighted by Gasteiger charge is 2.19. The third-order valence-electron chi connectivity index (χ3n) is 4.18. The Hall–Kier alpha value is -1.33. The van der Waals surface area contributed by atoms with Crippen molar-refractivity contribution in [3.05, 3.63) is 23.5 Å². The molecular weight excluding hydrogens is 254 g/mol. The Bertz CT molecular complexity index is 456. The molecule has 1 aliphatic heterocycles. The predicted octanol–water partition coefficient (Wildman–Crippen LogP) is 0.768. The summed E-state index contributed by atoms with van der Waals surface area (Å²) < 4.78 is 1.90. The SMILES string of the molecule is Cc1ccc(C(=O)NCCN2CCC[C@H](CO)C2)n1C. The van der Waals surface area contributed by atoms with Gasteiger partial charge in [0.15, 0.2) is 0 Å². The highest BCUT2D eigenvalue weighted by molar-refractivity contribution is 5.92. The Balaban J connectivity index is 1.75. The van der Waals surface area contributed by atoms with Crippen molar-refractivity contribution in [1.82, 2.24) is 14.8 Å². The molecule has 2 N–H and O–H groups in total. The molecule has 0 saturated carbocycles. The molecule has 1 aliphatic rings. The van der Waals surface area contributed by atoms with Gasteiger partial charge < -0.3 is 19.9 Å². The predicted molar refractivity (Wildman–Crippen MR) is 78.7 cm³/mol. The molecule has 0 unspecified atom stereocenters. The largest absolute Gasteiger partial charge is 0.396 e. The summed E-state index contributed by atoms with van der Waals surface area (Å²) in [5.74, 6) is 0.381. The van der Waals surface area contributed by atoms with E-state index in [0.717, 1.165) is 38.2 Å². The maximum absolute atomic E-state index is 12.1. The van der Waals surface area contributed by atoms with Gasteiger partial charge >= 0.3 is 0 Å². The Kier molecular flexibility index (Phi) is 5.20. The third kappa shape index (κ3) is 3.61. The van der Waals surface area contributed by atoms with Crippen molar-refractivity contribution < 1.29 is 9.90 Å². The van der Waals surface area contributed by atoms with Crippen LogP contribution in [0.4, 0.5) is 0 Å². The van der Waals surface area contributed by atoms with Crippen molar-refractivity contribution in [3.8, 4) is 0 Å². The molecule has 1 aromatic rings. The number of aryl methyl sites for hydroxylation is 1. The van der Waals surface area contributed by atoms with Gasteiger partial charge in [-0.05, 0) is 44.4 Å². The van der Waals surface area contributed by atoms with Crippen LogP contribution in [0.3, 0.4) is 0 Å². The molecule has 2 heterocycles. The number of likely N-dealkylation sites (tertiary alicyclic amines) is 1. The zero-order chi connectivity index (χ0) is 14.5. The minimum absolute atomic E-state index is 0.0173. The maximum atomic E-state index is 12.1. The first-order valence-corrected chi connectivity index (χ1v) is 7.35. The first-order valence-electron chi connectivity index (χ1n) is 7.35. The molecule has 0 bridgehead atoms. The smallest absolute Gasteiger partial charge is 0.267 e. The first-order chi connectivity index (χ1) is 9.61. The Morgan fingerprint density at radius 2 is 2.30 bits per heavy atom. The summed E-state index contributed by atoms with van der Waals surface area (Å²) in [7, 11) is 1.90. The first kappa shape index (κ1) is 15.1. The van der Waals surface area contributed by atoms with E-state index in [-0.39, 0.29) is 12.5 Å². The average molecular weight is 279 g/mol. The van der Waals surface area contributed by atoms with Gasteiger partial charge in [-0.3, -0.25) is 4.79 Å².